The zero-order valence-electron chi connectivity index (χ0n) is 18.7. The molecule has 34 heavy (non-hydrogen) atoms. The summed E-state index contributed by atoms with van der Waals surface area (Å²) in [6, 6.07) is 26.9. The van der Waals surface area contributed by atoms with Gasteiger partial charge in [0.25, 0.3) is 0 Å². The van der Waals surface area contributed by atoms with Gasteiger partial charge in [-0.1, -0.05) is 54.6 Å². The van der Waals surface area contributed by atoms with E-state index >= 15 is 0 Å². The van der Waals surface area contributed by atoms with E-state index < -0.39 is 0 Å². The number of imidazole rings is 1. The largest absolute Gasteiger partial charge is 0.497 e. The Kier molecular flexibility index (Phi) is 5.94. The maximum absolute atomic E-state index is 12.5. The van der Waals surface area contributed by atoms with Crippen molar-refractivity contribution in [1.82, 2.24) is 25.1 Å². The summed E-state index contributed by atoms with van der Waals surface area (Å²) in [4.78, 5) is 20.6. The number of aromatic nitrogens is 4. The van der Waals surface area contributed by atoms with E-state index in [1.54, 1.807) is 7.11 Å². The first kappa shape index (κ1) is 21.3. The second-order valence-corrected chi connectivity index (χ2v) is 7.82. The predicted octanol–water partition coefficient (Wildman–Crippen LogP) is 4.81. The molecule has 0 aliphatic heterocycles. The fourth-order valence-electron chi connectivity index (χ4n) is 3.71. The molecule has 5 rings (SSSR count). The van der Waals surface area contributed by atoms with E-state index in [1.165, 1.54) is 0 Å². The van der Waals surface area contributed by atoms with E-state index in [0.717, 1.165) is 33.6 Å². The molecule has 0 fully saturated rings. The molecule has 2 heterocycles. The van der Waals surface area contributed by atoms with Crippen molar-refractivity contribution >= 4 is 22.9 Å². The minimum absolute atomic E-state index is 0.325. The number of anilines is 1. The summed E-state index contributed by atoms with van der Waals surface area (Å²) < 4.78 is 7.08. The van der Waals surface area contributed by atoms with Crippen LogP contribution in [0.2, 0.25) is 0 Å². The van der Waals surface area contributed by atoms with Crippen molar-refractivity contribution in [3.05, 3.63) is 96.1 Å². The number of aromatic amines is 1. The fourth-order valence-corrected chi connectivity index (χ4v) is 3.71. The molecule has 2 amide bonds. The van der Waals surface area contributed by atoms with Gasteiger partial charge in [0.2, 0.25) is 0 Å². The number of para-hydroxylation sites is 2. The number of carbonyl (C=O) groups excluding carboxylic acids is 1. The lowest BCUT2D eigenvalue weighted by Gasteiger charge is -2.07. The lowest BCUT2D eigenvalue weighted by Crippen LogP contribution is -2.28. The van der Waals surface area contributed by atoms with Gasteiger partial charge in [-0.15, -0.1) is 0 Å². The Morgan fingerprint density at radius 1 is 0.971 bits per heavy atom. The van der Waals surface area contributed by atoms with Crippen molar-refractivity contribution < 1.29 is 9.53 Å². The van der Waals surface area contributed by atoms with Gasteiger partial charge in [0.1, 0.15) is 11.4 Å². The number of carbonyl (C=O) groups is 1. The van der Waals surface area contributed by atoms with E-state index in [0.29, 0.717) is 24.7 Å². The van der Waals surface area contributed by atoms with Crippen LogP contribution in [0.5, 0.6) is 5.75 Å². The molecule has 0 saturated heterocycles. The first-order chi connectivity index (χ1) is 16.7. The molecule has 0 aliphatic carbocycles. The molecule has 0 bridgehead atoms. The normalized spacial score (nSPS) is 10.9. The van der Waals surface area contributed by atoms with Gasteiger partial charge in [0.05, 0.1) is 24.7 Å². The van der Waals surface area contributed by atoms with Crippen LogP contribution in [0, 0.1) is 0 Å². The van der Waals surface area contributed by atoms with Gasteiger partial charge in [-0.05, 0) is 35.4 Å². The quantitative estimate of drug-likeness (QED) is 0.330. The number of urea groups is 1. The third kappa shape index (κ3) is 4.75. The summed E-state index contributed by atoms with van der Waals surface area (Å²) in [5.41, 5.74) is 4.63. The van der Waals surface area contributed by atoms with E-state index in [9.17, 15) is 4.79 Å². The van der Waals surface area contributed by atoms with Gasteiger partial charge >= 0.3 is 6.03 Å². The molecule has 5 aromatic rings. The Balaban J connectivity index is 1.40. The molecule has 0 unspecified atom stereocenters. The molecule has 0 spiro atoms. The SMILES string of the molecule is COc1ccc(Cn2nc(NC(=O)NCc3ccccc3)cc2-c2nc3ccccc3[nH]2)cc1. The van der Waals surface area contributed by atoms with Crippen LogP contribution >= 0.6 is 0 Å². The lowest BCUT2D eigenvalue weighted by molar-refractivity contribution is 0.251. The highest BCUT2D eigenvalue weighted by Crippen LogP contribution is 2.24. The number of benzene rings is 3. The first-order valence-electron chi connectivity index (χ1n) is 10.9. The third-order valence-corrected chi connectivity index (χ3v) is 5.44. The molecule has 0 aliphatic rings. The Morgan fingerprint density at radius 2 is 1.74 bits per heavy atom. The Morgan fingerprint density at radius 3 is 2.50 bits per heavy atom. The van der Waals surface area contributed by atoms with Crippen molar-refractivity contribution in [2.24, 2.45) is 0 Å². The fraction of sp³-hybridized carbons (Fsp3) is 0.115. The van der Waals surface area contributed by atoms with Crippen LogP contribution in [0.15, 0.2) is 84.9 Å². The van der Waals surface area contributed by atoms with Gasteiger partial charge in [-0.2, -0.15) is 5.10 Å². The van der Waals surface area contributed by atoms with Crippen molar-refractivity contribution in [1.29, 1.82) is 0 Å². The Hall–Kier alpha value is -4.59. The summed E-state index contributed by atoms with van der Waals surface area (Å²) in [7, 11) is 1.64. The monoisotopic (exact) mass is 452 g/mol. The first-order valence-corrected chi connectivity index (χ1v) is 10.9. The molecular formula is C26H24N6O2. The zero-order chi connectivity index (χ0) is 23.3. The third-order valence-electron chi connectivity index (χ3n) is 5.44. The van der Waals surface area contributed by atoms with Gasteiger partial charge in [0.15, 0.2) is 11.6 Å². The van der Waals surface area contributed by atoms with Crippen LogP contribution < -0.4 is 15.4 Å². The standard InChI is InChI=1S/C26H24N6O2/c1-34-20-13-11-19(12-14-20)17-32-23(25-28-21-9-5-6-10-22(21)29-25)15-24(31-32)30-26(33)27-16-18-7-3-2-4-8-18/h2-15H,16-17H2,1H3,(H,28,29)(H2,27,30,31,33). The number of hydrogen-bond acceptors (Lipinski definition) is 4. The van der Waals surface area contributed by atoms with Crippen LogP contribution in [0.3, 0.4) is 0 Å². The predicted molar refractivity (Wildman–Crippen MR) is 132 cm³/mol. The summed E-state index contributed by atoms with van der Waals surface area (Å²) in [6.07, 6.45) is 0. The number of methoxy groups -OCH3 is 1. The van der Waals surface area contributed by atoms with Crippen LogP contribution in [-0.2, 0) is 13.1 Å². The summed E-state index contributed by atoms with van der Waals surface area (Å²) in [5.74, 6) is 1.91. The van der Waals surface area contributed by atoms with E-state index in [2.05, 4.69) is 20.7 Å². The number of amides is 2. The molecule has 0 atom stereocenters. The molecule has 0 radical (unpaired) electrons. The van der Waals surface area contributed by atoms with E-state index in [1.807, 2.05) is 89.6 Å². The minimum Gasteiger partial charge on any atom is -0.497 e. The van der Waals surface area contributed by atoms with E-state index in [4.69, 9.17) is 9.72 Å². The summed E-state index contributed by atoms with van der Waals surface area (Å²) in [5, 5.41) is 10.3. The molecule has 0 saturated carbocycles. The molecule has 170 valence electrons. The number of nitrogens with one attached hydrogen (secondary N) is 3. The molecule has 8 nitrogen and oxygen atoms in total. The number of hydrogen-bond donors (Lipinski definition) is 3. The van der Waals surface area contributed by atoms with E-state index in [-0.39, 0.29) is 6.03 Å². The second-order valence-electron chi connectivity index (χ2n) is 7.82. The average Bonchev–Trinajstić information content (AvgIpc) is 3.47. The maximum Gasteiger partial charge on any atom is 0.320 e. The Bertz CT molecular complexity index is 1370. The van der Waals surface area contributed by atoms with Crippen molar-refractivity contribution in [2.45, 2.75) is 13.1 Å². The van der Waals surface area contributed by atoms with Gasteiger partial charge in [0, 0.05) is 12.6 Å². The molecule has 3 aromatic carbocycles. The molecular weight excluding hydrogens is 428 g/mol. The number of fused-ring (bicyclic) bond motifs is 1. The second kappa shape index (κ2) is 9.50. The minimum atomic E-state index is -0.325. The van der Waals surface area contributed by atoms with Gasteiger partial charge < -0.3 is 15.0 Å². The van der Waals surface area contributed by atoms with Crippen LogP contribution in [0.1, 0.15) is 11.1 Å². The zero-order valence-corrected chi connectivity index (χ0v) is 18.7. The number of nitrogens with zero attached hydrogens (tertiary/aromatic N) is 3. The Labute approximate surface area is 196 Å². The highest BCUT2D eigenvalue weighted by molar-refractivity contribution is 5.89. The van der Waals surface area contributed by atoms with Crippen molar-refractivity contribution in [2.75, 3.05) is 12.4 Å². The topological polar surface area (TPSA) is 96.9 Å². The van der Waals surface area contributed by atoms with Crippen molar-refractivity contribution in [3.63, 3.8) is 0 Å². The van der Waals surface area contributed by atoms with Crippen LogP contribution in [0.4, 0.5) is 10.6 Å². The highest BCUT2D eigenvalue weighted by atomic mass is 16.5. The lowest BCUT2D eigenvalue weighted by atomic mass is 10.2. The summed E-state index contributed by atoms with van der Waals surface area (Å²) in [6.45, 7) is 0.930. The number of H-pyrrole nitrogens is 1. The van der Waals surface area contributed by atoms with Crippen LogP contribution in [-0.4, -0.2) is 32.9 Å². The van der Waals surface area contributed by atoms with Gasteiger partial charge in [-0.25, -0.2) is 9.78 Å². The maximum atomic E-state index is 12.5. The molecule has 3 N–H and O–H groups in total. The highest BCUT2D eigenvalue weighted by Gasteiger charge is 2.16. The summed E-state index contributed by atoms with van der Waals surface area (Å²) >= 11 is 0. The molecule has 8 heteroatoms. The number of ether oxygens (including phenoxy) is 1. The average molecular weight is 453 g/mol. The molecule has 2 aromatic heterocycles. The number of rotatable bonds is 7. The smallest absolute Gasteiger partial charge is 0.320 e. The van der Waals surface area contributed by atoms with Crippen LogP contribution in [0.25, 0.3) is 22.6 Å². The van der Waals surface area contributed by atoms with Crippen molar-refractivity contribution in [3.8, 4) is 17.3 Å². The van der Waals surface area contributed by atoms with Gasteiger partial charge in [-0.3, -0.25) is 10.00 Å².